The van der Waals surface area contributed by atoms with E-state index in [0.29, 0.717) is 6.42 Å². The molecule has 1 heterocycles. The first-order valence-electron chi connectivity index (χ1n) is 5.64. The first kappa shape index (κ1) is 10.8. The Balaban J connectivity index is 2.43. The molecule has 0 radical (unpaired) electrons. The Hall–Kier alpha value is -1.70. The van der Waals surface area contributed by atoms with Crippen LogP contribution < -0.4 is 4.57 Å². The second kappa shape index (κ2) is 4.44. The molecule has 2 nitrogen and oxygen atoms in total. The van der Waals surface area contributed by atoms with Gasteiger partial charge in [0.25, 0.3) is 0 Å². The number of aromatic nitrogens is 1. The molecule has 0 aliphatic heterocycles. The van der Waals surface area contributed by atoms with Gasteiger partial charge in [-0.15, -0.1) is 0 Å². The summed E-state index contributed by atoms with van der Waals surface area (Å²) >= 11 is 0. The molecule has 2 heteroatoms. The average Bonchev–Trinajstić information content (AvgIpc) is 2.36. The normalized spacial score (nSPS) is 12.6. The highest BCUT2D eigenvalue weighted by molar-refractivity contribution is 5.82. The van der Waals surface area contributed by atoms with Crippen LogP contribution in [-0.2, 0) is 4.79 Å². The molecule has 1 unspecified atom stereocenters. The monoisotopic (exact) mass is 214 g/mol. The van der Waals surface area contributed by atoms with E-state index in [1.807, 2.05) is 42.9 Å². The highest BCUT2D eigenvalue weighted by Gasteiger charge is 2.19. The van der Waals surface area contributed by atoms with Crippen molar-refractivity contribution in [3.05, 3.63) is 42.7 Å². The molecular weight excluding hydrogens is 198 g/mol. The predicted molar refractivity (Wildman–Crippen MR) is 64.2 cm³/mol. The van der Waals surface area contributed by atoms with E-state index in [9.17, 15) is 4.79 Å². The number of Topliss-reactive ketones (excluding diaryl/α,β-unsaturated/α-hetero) is 1. The van der Waals surface area contributed by atoms with E-state index in [1.165, 1.54) is 10.8 Å². The van der Waals surface area contributed by atoms with Crippen molar-refractivity contribution in [2.45, 2.75) is 26.3 Å². The molecule has 1 atom stereocenters. The summed E-state index contributed by atoms with van der Waals surface area (Å²) in [5.41, 5.74) is 0. The van der Waals surface area contributed by atoms with Crippen molar-refractivity contribution in [2.24, 2.45) is 0 Å². The fraction of sp³-hybridized carbons (Fsp3) is 0.286. The third kappa shape index (κ3) is 1.96. The van der Waals surface area contributed by atoms with Gasteiger partial charge in [-0.2, -0.15) is 4.57 Å². The number of hydrogen-bond acceptors (Lipinski definition) is 1. The van der Waals surface area contributed by atoms with Gasteiger partial charge in [-0.1, -0.05) is 25.1 Å². The Labute approximate surface area is 95.5 Å². The Bertz CT molecular complexity index is 519. The summed E-state index contributed by atoms with van der Waals surface area (Å²) < 4.78 is 1.98. The molecule has 1 aromatic heterocycles. The summed E-state index contributed by atoms with van der Waals surface area (Å²) in [6.45, 7) is 3.85. The van der Waals surface area contributed by atoms with E-state index >= 15 is 0 Å². The zero-order valence-corrected chi connectivity index (χ0v) is 9.68. The van der Waals surface area contributed by atoms with Crippen LogP contribution in [0.25, 0.3) is 10.8 Å². The zero-order valence-electron chi connectivity index (χ0n) is 9.68. The van der Waals surface area contributed by atoms with Crippen molar-refractivity contribution in [3.63, 3.8) is 0 Å². The topological polar surface area (TPSA) is 20.9 Å². The van der Waals surface area contributed by atoms with Crippen molar-refractivity contribution in [2.75, 3.05) is 0 Å². The van der Waals surface area contributed by atoms with Gasteiger partial charge in [-0.05, 0) is 11.5 Å². The molecule has 82 valence electrons. The predicted octanol–water partition coefficient (Wildman–Crippen LogP) is 2.67. The van der Waals surface area contributed by atoms with Gasteiger partial charge in [0.05, 0.1) is 0 Å². The molecule has 1 aromatic carbocycles. The van der Waals surface area contributed by atoms with Crippen LogP contribution in [0.2, 0.25) is 0 Å². The second-order valence-electron chi connectivity index (χ2n) is 4.02. The fourth-order valence-corrected chi connectivity index (χ4v) is 1.85. The third-order valence-corrected chi connectivity index (χ3v) is 2.97. The minimum Gasteiger partial charge on any atom is -0.292 e. The Morgan fingerprint density at radius 1 is 1.25 bits per heavy atom. The summed E-state index contributed by atoms with van der Waals surface area (Å²) in [5, 5.41) is 2.37. The molecule has 0 saturated heterocycles. The average molecular weight is 214 g/mol. The van der Waals surface area contributed by atoms with Gasteiger partial charge in [0.15, 0.2) is 18.2 Å². The second-order valence-corrected chi connectivity index (χ2v) is 4.02. The number of fused-ring (bicyclic) bond motifs is 1. The van der Waals surface area contributed by atoms with E-state index < -0.39 is 0 Å². The molecule has 2 aromatic rings. The van der Waals surface area contributed by atoms with Crippen LogP contribution >= 0.6 is 0 Å². The summed E-state index contributed by atoms with van der Waals surface area (Å²) in [5.74, 6) is 0.264. The minimum atomic E-state index is -0.0744. The van der Waals surface area contributed by atoms with Crippen LogP contribution in [0.15, 0.2) is 42.7 Å². The maximum atomic E-state index is 11.6. The lowest BCUT2D eigenvalue weighted by Gasteiger charge is -2.05. The minimum absolute atomic E-state index is 0.0744. The largest absolute Gasteiger partial charge is 0.292 e. The molecule has 16 heavy (non-hydrogen) atoms. The number of pyridine rings is 1. The maximum absolute atomic E-state index is 11.6. The molecule has 2 rings (SSSR count). The third-order valence-electron chi connectivity index (χ3n) is 2.97. The molecular formula is C14H16NO+. The van der Waals surface area contributed by atoms with Gasteiger partial charge in [-0.3, -0.25) is 4.79 Å². The quantitative estimate of drug-likeness (QED) is 0.719. The fourth-order valence-electron chi connectivity index (χ4n) is 1.85. The van der Waals surface area contributed by atoms with E-state index in [4.69, 9.17) is 0 Å². The van der Waals surface area contributed by atoms with Crippen LogP contribution in [0, 0.1) is 0 Å². The first-order chi connectivity index (χ1) is 7.72. The number of carbonyl (C=O) groups excluding carboxylic acids is 1. The molecule has 0 amide bonds. The van der Waals surface area contributed by atoms with Crippen LogP contribution in [-0.4, -0.2) is 5.78 Å². The highest BCUT2D eigenvalue weighted by Crippen LogP contribution is 2.11. The van der Waals surface area contributed by atoms with E-state index in [2.05, 4.69) is 18.2 Å². The molecule has 0 fully saturated rings. The highest BCUT2D eigenvalue weighted by atomic mass is 16.1. The van der Waals surface area contributed by atoms with Gasteiger partial charge in [-0.25, -0.2) is 0 Å². The zero-order chi connectivity index (χ0) is 11.5. The van der Waals surface area contributed by atoms with Crippen LogP contribution in [0.1, 0.15) is 26.3 Å². The van der Waals surface area contributed by atoms with Crippen LogP contribution in [0.3, 0.4) is 0 Å². The Morgan fingerprint density at radius 2 is 1.94 bits per heavy atom. The lowest BCUT2D eigenvalue weighted by Crippen LogP contribution is -2.41. The van der Waals surface area contributed by atoms with Gasteiger partial charge >= 0.3 is 0 Å². The summed E-state index contributed by atoms with van der Waals surface area (Å²) in [7, 11) is 0. The number of carbonyl (C=O) groups is 1. The van der Waals surface area contributed by atoms with Crippen LogP contribution in [0.5, 0.6) is 0 Å². The number of nitrogens with zero attached hydrogens (tertiary/aromatic N) is 1. The first-order valence-corrected chi connectivity index (χ1v) is 5.64. The smallest absolute Gasteiger partial charge is 0.213 e. The van der Waals surface area contributed by atoms with Crippen molar-refractivity contribution in [3.8, 4) is 0 Å². The van der Waals surface area contributed by atoms with Crippen LogP contribution in [0.4, 0.5) is 0 Å². The van der Waals surface area contributed by atoms with Gasteiger partial charge in [0.1, 0.15) is 0 Å². The molecule has 0 bridgehead atoms. The summed E-state index contributed by atoms with van der Waals surface area (Å²) in [6.07, 6.45) is 4.59. The molecule has 0 spiro atoms. The number of ketones is 1. The molecule has 0 saturated carbocycles. The lowest BCUT2D eigenvalue weighted by molar-refractivity contribution is -0.704. The van der Waals surface area contributed by atoms with E-state index in [1.54, 1.807) is 0 Å². The number of hydrogen-bond donors (Lipinski definition) is 0. The van der Waals surface area contributed by atoms with Crippen molar-refractivity contribution in [1.29, 1.82) is 0 Å². The summed E-state index contributed by atoms with van der Waals surface area (Å²) in [6, 6.07) is 10.1. The SMILES string of the molecule is CCC(=O)C(C)[n+]1ccc2ccccc2c1. The van der Waals surface area contributed by atoms with Gasteiger partial charge in [0, 0.05) is 24.8 Å². The van der Waals surface area contributed by atoms with E-state index in [-0.39, 0.29) is 11.8 Å². The number of benzene rings is 1. The Kier molecular flexibility index (Phi) is 3.00. The number of rotatable bonds is 3. The standard InChI is InChI=1S/C14H16NO/c1-3-14(16)11(2)15-9-8-12-6-4-5-7-13(12)10-15/h4-11H,3H2,1-2H3/q+1. The van der Waals surface area contributed by atoms with Gasteiger partial charge < -0.3 is 0 Å². The van der Waals surface area contributed by atoms with Crippen molar-refractivity contribution in [1.82, 2.24) is 0 Å². The molecule has 0 aliphatic rings. The van der Waals surface area contributed by atoms with Gasteiger partial charge in [0.2, 0.25) is 6.04 Å². The lowest BCUT2D eigenvalue weighted by atomic mass is 10.1. The Morgan fingerprint density at radius 3 is 2.62 bits per heavy atom. The maximum Gasteiger partial charge on any atom is 0.213 e. The van der Waals surface area contributed by atoms with Crippen molar-refractivity contribution < 1.29 is 9.36 Å². The van der Waals surface area contributed by atoms with Crippen molar-refractivity contribution >= 4 is 16.6 Å². The van der Waals surface area contributed by atoms with E-state index in [0.717, 1.165) is 0 Å². The molecule has 0 aliphatic carbocycles. The summed E-state index contributed by atoms with van der Waals surface area (Å²) in [4.78, 5) is 11.6. The molecule has 0 N–H and O–H groups in total.